The molecule has 0 bridgehead atoms. The highest BCUT2D eigenvalue weighted by atomic mass is 35.5. The Bertz CT molecular complexity index is 1760. The second-order valence-corrected chi connectivity index (χ2v) is 9.70. The van der Waals surface area contributed by atoms with E-state index in [4.69, 9.17) is 11.6 Å². The molecule has 2 aliphatic rings. The van der Waals surface area contributed by atoms with Gasteiger partial charge in [-0.25, -0.2) is 9.37 Å². The van der Waals surface area contributed by atoms with Crippen LogP contribution in [0.3, 0.4) is 0 Å². The molecule has 4 aromatic rings. The van der Waals surface area contributed by atoms with E-state index in [1.54, 1.807) is 24.4 Å². The van der Waals surface area contributed by atoms with Crippen molar-refractivity contribution in [2.45, 2.75) is 24.9 Å². The number of anilines is 3. The number of nitrogens with one attached hydrogen (secondary N) is 4. The first kappa shape index (κ1) is 25.2. The van der Waals surface area contributed by atoms with E-state index in [1.807, 2.05) is 11.2 Å². The Kier molecular flexibility index (Phi) is 6.48. The summed E-state index contributed by atoms with van der Waals surface area (Å²) in [7, 11) is 0. The number of fused-ring (bicyclic) bond motifs is 1. The molecule has 0 radical (unpaired) electrons. The summed E-state index contributed by atoms with van der Waals surface area (Å²) in [6.45, 7) is 0. The summed E-state index contributed by atoms with van der Waals surface area (Å²) in [6.07, 6.45) is 9.76. The minimum atomic E-state index is -1.23. The zero-order valence-corrected chi connectivity index (χ0v) is 21.3. The van der Waals surface area contributed by atoms with Gasteiger partial charge in [0, 0.05) is 48.0 Å². The Morgan fingerprint density at radius 2 is 1.88 bits per heavy atom. The number of nitriles is 2. The molecule has 13 heteroatoms. The molecule has 1 atom stereocenters. The van der Waals surface area contributed by atoms with Crippen molar-refractivity contribution in [3.63, 3.8) is 0 Å². The minimum absolute atomic E-state index is 0.140. The summed E-state index contributed by atoms with van der Waals surface area (Å²) >= 11 is 6.65. The van der Waals surface area contributed by atoms with Crippen LogP contribution in [0, 0.1) is 34.4 Å². The molecule has 4 N–H and O–H groups in total. The van der Waals surface area contributed by atoms with Crippen LogP contribution in [0.25, 0.3) is 10.9 Å². The number of pyridine rings is 3. The minimum Gasteiger partial charge on any atom is -0.373 e. The molecule has 6 rings (SSSR count). The second-order valence-electron chi connectivity index (χ2n) is 9.29. The largest absolute Gasteiger partial charge is 0.373 e. The van der Waals surface area contributed by atoms with Crippen molar-refractivity contribution in [1.29, 1.82) is 10.5 Å². The lowest BCUT2D eigenvalue weighted by molar-refractivity contribution is 0.260. The van der Waals surface area contributed by atoms with Gasteiger partial charge in [-0.05, 0) is 36.6 Å². The standard InChI is InChI=1S/C27H19ClF2N10/c28-21-5-17(4-20-24(16(8-32)11-34-26(20)21)37-18-6-22(29)27(30)35-12-18)36-25(15-3-14(7-31)9-33-10-15)23-13-40(39-38-23)19-1-2-19/h3-6,9-13,19,25,36,38-39H,1-2H2,(H,34,37). The lowest BCUT2D eigenvalue weighted by atomic mass is 10.0. The maximum Gasteiger partial charge on any atom is 0.249 e. The molecule has 3 aromatic heterocycles. The van der Waals surface area contributed by atoms with Crippen LogP contribution < -0.4 is 21.6 Å². The van der Waals surface area contributed by atoms with Crippen molar-refractivity contribution < 1.29 is 8.78 Å². The smallest absolute Gasteiger partial charge is 0.249 e. The number of aromatic nitrogens is 3. The molecule has 1 saturated carbocycles. The predicted octanol–water partition coefficient (Wildman–Crippen LogP) is 4.93. The summed E-state index contributed by atoms with van der Waals surface area (Å²) < 4.78 is 27.3. The molecule has 0 spiro atoms. The SMILES string of the molecule is N#Cc1cncc(C(Nc2cc(Cl)c3ncc(C#N)c(Nc4cnc(F)c(F)c4)c3c2)C2=CN(C3CC3)NN2)c1. The van der Waals surface area contributed by atoms with Gasteiger partial charge in [0.25, 0.3) is 0 Å². The first-order chi connectivity index (χ1) is 19.4. The van der Waals surface area contributed by atoms with Crippen molar-refractivity contribution in [2.24, 2.45) is 0 Å². The van der Waals surface area contributed by atoms with E-state index >= 15 is 0 Å². The Labute approximate surface area is 231 Å². The van der Waals surface area contributed by atoms with Gasteiger partial charge in [-0.1, -0.05) is 11.6 Å². The van der Waals surface area contributed by atoms with E-state index in [-0.39, 0.29) is 11.3 Å². The molecule has 1 aliphatic carbocycles. The fraction of sp³-hybridized carbons (Fsp3) is 0.148. The van der Waals surface area contributed by atoms with Crippen molar-refractivity contribution in [2.75, 3.05) is 10.6 Å². The third kappa shape index (κ3) is 4.89. The van der Waals surface area contributed by atoms with Gasteiger partial charge < -0.3 is 16.1 Å². The molecule has 1 fully saturated rings. The lowest BCUT2D eigenvalue weighted by Crippen LogP contribution is -2.38. The van der Waals surface area contributed by atoms with Crippen LogP contribution in [0.2, 0.25) is 5.02 Å². The highest BCUT2D eigenvalue weighted by molar-refractivity contribution is 6.36. The van der Waals surface area contributed by atoms with Gasteiger partial charge >= 0.3 is 0 Å². The summed E-state index contributed by atoms with van der Waals surface area (Å²) in [5.41, 5.74) is 9.84. The molecule has 1 aliphatic heterocycles. The molecule has 1 unspecified atom stereocenters. The van der Waals surface area contributed by atoms with Gasteiger partial charge in [0.15, 0.2) is 5.82 Å². The third-order valence-electron chi connectivity index (χ3n) is 6.50. The topological polar surface area (TPSA) is 138 Å². The van der Waals surface area contributed by atoms with Crippen LogP contribution in [0.5, 0.6) is 0 Å². The number of hydrazine groups is 2. The number of hydrogen-bond acceptors (Lipinski definition) is 10. The van der Waals surface area contributed by atoms with Crippen LogP contribution in [0.1, 0.15) is 35.6 Å². The second kappa shape index (κ2) is 10.3. The molecular weight excluding hydrogens is 538 g/mol. The molecule has 0 saturated heterocycles. The zero-order valence-electron chi connectivity index (χ0n) is 20.6. The number of benzene rings is 1. The molecule has 198 valence electrons. The fourth-order valence-electron chi connectivity index (χ4n) is 4.42. The van der Waals surface area contributed by atoms with Crippen molar-refractivity contribution in [3.05, 3.63) is 94.4 Å². The maximum atomic E-state index is 13.9. The summed E-state index contributed by atoms with van der Waals surface area (Å²) in [5.74, 6) is -2.37. The summed E-state index contributed by atoms with van der Waals surface area (Å²) in [5, 5.41) is 28.4. The van der Waals surface area contributed by atoms with Gasteiger partial charge in [0.1, 0.15) is 12.1 Å². The Balaban J connectivity index is 1.43. The van der Waals surface area contributed by atoms with Gasteiger partial charge in [0.05, 0.1) is 51.0 Å². The molecular formula is C27H19ClF2N10. The average molecular weight is 557 g/mol. The lowest BCUT2D eigenvalue weighted by Gasteiger charge is -2.22. The monoisotopic (exact) mass is 556 g/mol. The molecule has 1 aromatic carbocycles. The van der Waals surface area contributed by atoms with Crippen LogP contribution in [0.4, 0.5) is 25.8 Å². The van der Waals surface area contributed by atoms with Crippen molar-refractivity contribution >= 4 is 39.6 Å². The predicted molar refractivity (Wildman–Crippen MR) is 143 cm³/mol. The van der Waals surface area contributed by atoms with Crippen LogP contribution in [-0.2, 0) is 0 Å². The molecule has 40 heavy (non-hydrogen) atoms. The number of halogens is 3. The van der Waals surface area contributed by atoms with Crippen LogP contribution >= 0.6 is 11.6 Å². The van der Waals surface area contributed by atoms with Crippen molar-refractivity contribution in [1.82, 2.24) is 30.9 Å². The third-order valence-corrected chi connectivity index (χ3v) is 6.79. The quantitative estimate of drug-likeness (QED) is 0.232. The van der Waals surface area contributed by atoms with Crippen molar-refractivity contribution in [3.8, 4) is 12.1 Å². The summed E-state index contributed by atoms with van der Waals surface area (Å²) in [4.78, 5) is 12.0. The number of rotatable bonds is 7. The fourth-order valence-corrected chi connectivity index (χ4v) is 4.69. The Hall–Kier alpha value is -5.04. The van der Waals surface area contributed by atoms with Crippen LogP contribution in [-0.4, -0.2) is 26.0 Å². The van der Waals surface area contributed by atoms with E-state index in [1.165, 1.54) is 12.4 Å². The zero-order chi connectivity index (χ0) is 27.8. The highest BCUT2D eigenvalue weighted by Crippen LogP contribution is 2.37. The van der Waals surface area contributed by atoms with Crippen LogP contribution in [0.15, 0.2) is 60.9 Å². The molecule has 10 nitrogen and oxygen atoms in total. The van der Waals surface area contributed by atoms with Gasteiger partial charge in [-0.3, -0.25) is 15.0 Å². The summed E-state index contributed by atoms with van der Waals surface area (Å²) in [6, 6.07) is 10.3. The van der Waals surface area contributed by atoms with E-state index < -0.39 is 17.8 Å². The number of nitrogens with zero attached hydrogens (tertiary/aromatic N) is 6. The first-order valence-corrected chi connectivity index (χ1v) is 12.5. The first-order valence-electron chi connectivity index (χ1n) is 12.2. The van der Waals surface area contributed by atoms with Gasteiger partial charge in [0.2, 0.25) is 5.95 Å². The number of hydrogen-bond donors (Lipinski definition) is 4. The average Bonchev–Trinajstić information content (AvgIpc) is 3.70. The van der Waals surface area contributed by atoms with E-state index in [9.17, 15) is 19.3 Å². The van der Waals surface area contributed by atoms with Gasteiger partial charge in [-0.2, -0.15) is 14.9 Å². The van der Waals surface area contributed by atoms with Gasteiger partial charge in [-0.15, -0.1) is 5.53 Å². The molecule has 0 amide bonds. The highest BCUT2D eigenvalue weighted by Gasteiger charge is 2.32. The Morgan fingerprint density at radius 3 is 2.62 bits per heavy atom. The maximum absolute atomic E-state index is 13.9. The van der Waals surface area contributed by atoms with E-state index in [0.29, 0.717) is 38.9 Å². The molecule has 4 heterocycles. The Morgan fingerprint density at radius 1 is 1.02 bits per heavy atom. The normalized spacial score (nSPS) is 15.1. The van der Waals surface area contributed by atoms with E-state index in [0.717, 1.165) is 36.4 Å². The van der Waals surface area contributed by atoms with E-state index in [2.05, 4.69) is 48.7 Å².